The van der Waals surface area contributed by atoms with E-state index in [1.165, 1.54) is 12.8 Å². The average molecular weight is 247 g/mol. The Morgan fingerprint density at radius 1 is 1.50 bits per heavy atom. The van der Waals surface area contributed by atoms with Crippen molar-refractivity contribution in [2.45, 2.75) is 32.6 Å². The van der Waals surface area contributed by atoms with Gasteiger partial charge in [-0.05, 0) is 18.8 Å². The number of ether oxygens (including phenoxy) is 1. The SMILES string of the molecule is C=CCNc1cc(OCC(C)C)nc(C2CC2)n1. The number of hydrogen-bond donors (Lipinski definition) is 1. The molecule has 4 heteroatoms. The van der Waals surface area contributed by atoms with Crippen LogP contribution in [0.3, 0.4) is 0 Å². The van der Waals surface area contributed by atoms with Crippen LogP contribution in [0.1, 0.15) is 38.4 Å². The van der Waals surface area contributed by atoms with Crippen LogP contribution >= 0.6 is 0 Å². The van der Waals surface area contributed by atoms with E-state index < -0.39 is 0 Å². The van der Waals surface area contributed by atoms with Crippen molar-refractivity contribution in [2.24, 2.45) is 5.92 Å². The topological polar surface area (TPSA) is 47.0 Å². The zero-order chi connectivity index (χ0) is 13.0. The lowest BCUT2D eigenvalue weighted by Gasteiger charge is -2.11. The molecule has 98 valence electrons. The molecule has 1 aromatic rings. The molecular weight excluding hydrogens is 226 g/mol. The minimum absolute atomic E-state index is 0.494. The van der Waals surface area contributed by atoms with E-state index >= 15 is 0 Å². The van der Waals surface area contributed by atoms with E-state index in [1.54, 1.807) is 0 Å². The third-order valence-corrected chi connectivity index (χ3v) is 2.65. The van der Waals surface area contributed by atoms with Crippen LogP contribution in [0.2, 0.25) is 0 Å². The summed E-state index contributed by atoms with van der Waals surface area (Å²) in [5, 5.41) is 3.20. The van der Waals surface area contributed by atoms with E-state index in [0.29, 0.717) is 30.9 Å². The van der Waals surface area contributed by atoms with Crippen molar-refractivity contribution in [1.29, 1.82) is 0 Å². The summed E-state index contributed by atoms with van der Waals surface area (Å²) in [5.74, 6) is 3.42. The van der Waals surface area contributed by atoms with E-state index in [2.05, 4.69) is 35.7 Å². The second-order valence-corrected chi connectivity index (χ2v) is 5.10. The number of nitrogens with one attached hydrogen (secondary N) is 1. The Morgan fingerprint density at radius 3 is 2.89 bits per heavy atom. The zero-order valence-corrected chi connectivity index (χ0v) is 11.1. The Balaban J connectivity index is 2.10. The number of rotatable bonds is 7. The van der Waals surface area contributed by atoms with Gasteiger partial charge in [0.25, 0.3) is 0 Å². The van der Waals surface area contributed by atoms with Gasteiger partial charge in [0.05, 0.1) is 6.61 Å². The van der Waals surface area contributed by atoms with Gasteiger partial charge in [0.1, 0.15) is 11.6 Å². The molecule has 0 atom stereocenters. The van der Waals surface area contributed by atoms with Crippen LogP contribution in [0.15, 0.2) is 18.7 Å². The minimum atomic E-state index is 0.494. The summed E-state index contributed by atoms with van der Waals surface area (Å²) in [7, 11) is 0. The fourth-order valence-electron chi connectivity index (χ4n) is 1.56. The summed E-state index contributed by atoms with van der Waals surface area (Å²) >= 11 is 0. The van der Waals surface area contributed by atoms with E-state index in [9.17, 15) is 0 Å². The molecule has 0 unspecified atom stereocenters. The highest BCUT2D eigenvalue weighted by atomic mass is 16.5. The van der Waals surface area contributed by atoms with Gasteiger partial charge in [-0.15, -0.1) is 6.58 Å². The molecule has 2 rings (SSSR count). The first-order chi connectivity index (χ1) is 8.69. The summed E-state index contributed by atoms with van der Waals surface area (Å²) in [6, 6.07) is 1.86. The number of anilines is 1. The molecule has 1 aromatic heterocycles. The predicted molar refractivity (Wildman–Crippen MR) is 73.0 cm³/mol. The molecule has 0 spiro atoms. The quantitative estimate of drug-likeness (QED) is 0.752. The molecule has 1 aliphatic carbocycles. The average Bonchev–Trinajstić information content (AvgIpc) is 3.18. The van der Waals surface area contributed by atoms with Gasteiger partial charge in [-0.1, -0.05) is 19.9 Å². The van der Waals surface area contributed by atoms with Crippen molar-refractivity contribution < 1.29 is 4.74 Å². The highest BCUT2D eigenvalue weighted by Gasteiger charge is 2.27. The molecule has 1 aliphatic rings. The summed E-state index contributed by atoms with van der Waals surface area (Å²) in [6.45, 7) is 9.32. The van der Waals surface area contributed by atoms with E-state index in [4.69, 9.17) is 4.74 Å². The maximum Gasteiger partial charge on any atom is 0.218 e. The van der Waals surface area contributed by atoms with Crippen LogP contribution in [0.4, 0.5) is 5.82 Å². The summed E-state index contributed by atoms with van der Waals surface area (Å²) in [5.41, 5.74) is 0. The molecule has 1 saturated carbocycles. The Hall–Kier alpha value is -1.58. The summed E-state index contributed by atoms with van der Waals surface area (Å²) in [4.78, 5) is 8.99. The van der Waals surface area contributed by atoms with Crippen LogP contribution in [0, 0.1) is 5.92 Å². The van der Waals surface area contributed by atoms with Gasteiger partial charge in [0.2, 0.25) is 5.88 Å². The van der Waals surface area contributed by atoms with Gasteiger partial charge in [-0.3, -0.25) is 0 Å². The van der Waals surface area contributed by atoms with Crippen molar-refractivity contribution >= 4 is 5.82 Å². The fraction of sp³-hybridized carbons (Fsp3) is 0.571. The third kappa shape index (κ3) is 3.72. The predicted octanol–water partition coefficient (Wildman–Crippen LogP) is 2.99. The molecule has 0 saturated heterocycles. The molecule has 0 bridgehead atoms. The summed E-state index contributed by atoms with van der Waals surface area (Å²) in [6.07, 6.45) is 4.19. The van der Waals surface area contributed by atoms with E-state index in [-0.39, 0.29) is 0 Å². The van der Waals surface area contributed by atoms with Gasteiger partial charge in [0, 0.05) is 18.5 Å². The largest absolute Gasteiger partial charge is 0.477 e. The highest BCUT2D eigenvalue weighted by Crippen LogP contribution is 2.39. The normalized spacial score (nSPS) is 14.6. The lowest BCUT2D eigenvalue weighted by atomic mass is 10.2. The molecule has 0 radical (unpaired) electrons. The molecule has 1 N–H and O–H groups in total. The first kappa shape index (κ1) is 12.9. The third-order valence-electron chi connectivity index (χ3n) is 2.65. The highest BCUT2D eigenvalue weighted by molar-refractivity contribution is 5.39. The molecule has 0 amide bonds. The number of hydrogen-bond acceptors (Lipinski definition) is 4. The number of aromatic nitrogens is 2. The lowest BCUT2D eigenvalue weighted by molar-refractivity contribution is 0.260. The van der Waals surface area contributed by atoms with Crippen LogP contribution in [0.5, 0.6) is 5.88 Å². The molecular formula is C14H21N3O. The van der Waals surface area contributed by atoms with Crippen LogP contribution < -0.4 is 10.1 Å². The monoisotopic (exact) mass is 247 g/mol. The lowest BCUT2D eigenvalue weighted by Crippen LogP contribution is -2.09. The molecule has 4 nitrogen and oxygen atoms in total. The zero-order valence-electron chi connectivity index (χ0n) is 11.1. The Labute approximate surface area is 108 Å². The second kappa shape index (κ2) is 5.85. The van der Waals surface area contributed by atoms with Gasteiger partial charge < -0.3 is 10.1 Å². The number of nitrogens with zero attached hydrogens (tertiary/aromatic N) is 2. The van der Waals surface area contributed by atoms with Crippen molar-refractivity contribution in [3.63, 3.8) is 0 Å². The van der Waals surface area contributed by atoms with Crippen LogP contribution in [-0.2, 0) is 0 Å². The Bertz CT molecular complexity index is 414. The standard InChI is InChI=1S/C14H21N3O/c1-4-7-15-12-8-13(18-9-10(2)3)17-14(16-12)11-5-6-11/h4,8,10-11H,1,5-7,9H2,2-3H3,(H,15,16,17). The Morgan fingerprint density at radius 2 is 2.28 bits per heavy atom. The molecule has 1 heterocycles. The van der Waals surface area contributed by atoms with Crippen LogP contribution in [0.25, 0.3) is 0 Å². The van der Waals surface area contributed by atoms with E-state index in [1.807, 2.05) is 12.1 Å². The van der Waals surface area contributed by atoms with Crippen molar-refractivity contribution in [3.8, 4) is 5.88 Å². The van der Waals surface area contributed by atoms with Crippen molar-refractivity contribution in [3.05, 3.63) is 24.5 Å². The molecule has 1 fully saturated rings. The van der Waals surface area contributed by atoms with Gasteiger partial charge in [-0.2, -0.15) is 4.98 Å². The molecule has 0 aliphatic heterocycles. The van der Waals surface area contributed by atoms with Gasteiger partial charge in [0.15, 0.2) is 0 Å². The fourth-order valence-corrected chi connectivity index (χ4v) is 1.56. The smallest absolute Gasteiger partial charge is 0.218 e. The molecule has 18 heavy (non-hydrogen) atoms. The van der Waals surface area contributed by atoms with Gasteiger partial charge in [-0.25, -0.2) is 4.98 Å². The molecule has 0 aromatic carbocycles. The van der Waals surface area contributed by atoms with Gasteiger partial charge >= 0.3 is 0 Å². The van der Waals surface area contributed by atoms with Crippen molar-refractivity contribution in [1.82, 2.24) is 9.97 Å². The summed E-state index contributed by atoms with van der Waals surface area (Å²) < 4.78 is 5.69. The maximum atomic E-state index is 5.69. The minimum Gasteiger partial charge on any atom is -0.477 e. The maximum absolute atomic E-state index is 5.69. The first-order valence-corrected chi connectivity index (χ1v) is 6.55. The van der Waals surface area contributed by atoms with Crippen molar-refractivity contribution in [2.75, 3.05) is 18.5 Å². The van der Waals surface area contributed by atoms with E-state index in [0.717, 1.165) is 11.6 Å². The van der Waals surface area contributed by atoms with Crippen LogP contribution in [-0.4, -0.2) is 23.1 Å². The first-order valence-electron chi connectivity index (χ1n) is 6.55. The Kier molecular flexibility index (Phi) is 4.18. The second-order valence-electron chi connectivity index (χ2n) is 5.10.